The first-order valence-corrected chi connectivity index (χ1v) is 9.19. The summed E-state index contributed by atoms with van der Waals surface area (Å²) in [5.41, 5.74) is 8.60. The van der Waals surface area contributed by atoms with E-state index in [0.29, 0.717) is 5.56 Å². The molecule has 3 heteroatoms. The van der Waals surface area contributed by atoms with Crippen LogP contribution in [0.25, 0.3) is 33.5 Å². The molecule has 3 nitrogen and oxygen atoms in total. The predicted molar refractivity (Wildman–Crippen MR) is 110 cm³/mol. The lowest BCUT2D eigenvalue weighted by molar-refractivity contribution is 0.796. The van der Waals surface area contributed by atoms with E-state index >= 15 is 0 Å². The molecule has 0 radical (unpaired) electrons. The molecule has 0 saturated heterocycles. The summed E-state index contributed by atoms with van der Waals surface area (Å²) in [4.78, 5) is 4.91. The zero-order valence-electron chi connectivity index (χ0n) is 15.8. The number of rotatable bonds is 3. The second-order valence-electron chi connectivity index (χ2n) is 6.86. The molecule has 4 aromatic rings. The summed E-state index contributed by atoms with van der Waals surface area (Å²) in [6, 6.07) is 22.9. The molecule has 0 aliphatic heterocycles. The summed E-state index contributed by atoms with van der Waals surface area (Å²) >= 11 is 0. The molecule has 1 aromatic heterocycles. The molecule has 4 rings (SSSR count). The second-order valence-corrected chi connectivity index (χ2v) is 6.86. The van der Waals surface area contributed by atoms with Crippen molar-refractivity contribution < 1.29 is 0 Å². The monoisotopic (exact) mass is 351 g/mol. The topological polar surface area (TPSA) is 41.6 Å². The van der Waals surface area contributed by atoms with E-state index in [4.69, 9.17) is 4.98 Å². The van der Waals surface area contributed by atoms with Gasteiger partial charge in [-0.2, -0.15) is 5.26 Å². The molecule has 0 N–H and O–H groups in total. The molecule has 0 aliphatic rings. The van der Waals surface area contributed by atoms with Gasteiger partial charge in [-0.1, -0.05) is 48.0 Å². The zero-order chi connectivity index (χ0) is 19.0. The van der Waals surface area contributed by atoms with Crippen molar-refractivity contribution in [1.29, 1.82) is 5.26 Å². The number of benzene rings is 3. The van der Waals surface area contributed by atoms with Crippen molar-refractivity contribution >= 4 is 11.0 Å². The van der Waals surface area contributed by atoms with Gasteiger partial charge in [0.2, 0.25) is 0 Å². The minimum atomic E-state index is 0.637. The van der Waals surface area contributed by atoms with Crippen LogP contribution < -0.4 is 0 Å². The maximum atomic E-state index is 9.21. The summed E-state index contributed by atoms with van der Waals surface area (Å²) < 4.78 is 2.22. The highest BCUT2D eigenvalue weighted by Crippen LogP contribution is 2.35. The summed E-state index contributed by atoms with van der Waals surface area (Å²) in [6.07, 6.45) is 0. The zero-order valence-corrected chi connectivity index (χ0v) is 15.8. The highest BCUT2D eigenvalue weighted by atomic mass is 15.1. The average Bonchev–Trinajstić information content (AvgIpc) is 3.05. The van der Waals surface area contributed by atoms with Crippen LogP contribution in [0.1, 0.15) is 23.6 Å². The molecule has 1 heterocycles. The molecule has 0 atom stereocenters. The van der Waals surface area contributed by atoms with Crippen molar-refractivity contribution in [3.05, 3.63) is 77.4 Å². The average molecular weight is 351 g/mol. The molecule has 27 heavy (non-hydrogen) atoms. The number of aromatic nitrogens is 2. The molecule has 0 aliphatic carbocycles. The van der Waals surface area contributed by atoms with Crippen molar-refractivity contribution in [2.45, 2.75) is 27.3 Å². The Morgan fingerprint density at radius 3 is 2.41 bits per heavy atom. The normalized spacial score (nSPS) is 10.9. The number of hydrogen-bond donors (Lipinski definition) is 0. The SMILES string of the molecule is CCn1c(-c2ccccc2-c2ccc(C)cc2C)nc2cc(C#N)ccc21. The van der Waals surface area contributed by atoms with Gasteiger partial charge in [0.1, 0.15) is 5.82 Å². The molecule has 0 unspecified atom stereocenters. The third-order valence-electron chi connectivity index (χ3n) is 5.03. The van der Waals surface area contributed by atoms with E-state index in [1.807, 2.05) is 18.2 Å². The largest absolute Gasteiger partial charge is 0.324 e. The Kier molecular flexibility index (Phi) is 4.25. The Bertz CT molecular complexity index is 1190. The van der Waals surface area contributed by atoms with Gasteiger partial charge < -0.3 is 4.57 Å². The van der Waals surface area contributed by atoms with E-state index in [1.54, 1.807) is 0 Å². The molecule has 0 fully saturated rings. The van der Waals surface area contributed by atoms with Crippen LogP contribution in [0.15, 0.2) is 60.7 Å². The van der Waals surface area contributed by atoms with Gasteiger partial charge in [-0.3, -0.25) is 0 Å². The van der Waals surface area contributed by atoms with Crippen molar-refractivity contribution in [1.82, 2.24) is 9.55 Å². The molecule has 0 saturated carbocycles. The Labute approximate surface area is 159 Å². The fraction of sp³-hybridized carbons (Fsp3) is 0.167. The van der Waals surface area contributed by atoms with Crippen molar-refractivity contribution in [3.63, 3.8) is 0 Å². The minimum absolute atomic E-state index is 0.637. The molecule has 3 aromatic carbocycles. The van der Waals surface area contributed by atoms with Gasteiger partial charge in [0.25, 0.3) is 0 Å². The van der Waals surface area contributed by atoms with Crippen LogP contribution >= 0.6 is 0 Å². The Morgan fingerprint density at radius 1 is 0.926 bits per heavy atom. The van der Waals surface area contributed by atoms with Gasteiger partial charge in [0.05, 0.1) is 22.7 Å². The van der Waals surface area contributed by atoms with Crippen molar-refractivity contribution in [2.24, 2.45) is 0 Å². The van der Waals surface area contributed by atoms with Crippen LogP contribution in [0.2, 0.25) is 0 Å². The van der Waals surface area contributed by atoms with Gasteiger partial charge in [-0.05, 0) is 55.7 Å². The van der Waals surface area contributed by atoms with E-state index in [-0.39, 0.29) is 0 Å². The lowest BCUT2D eigenvalue weighted by Crippen LogP contribution is -1.99. The van der Waals surface area contributed by atoms with Crippen LogP contribution in [0.4, 0.5) is 0 Å². The number of fused-ring (bicyclic) bond motifs is 1. The molecule has 0 spiro atoms. The third kappa shape index (κ3) is 2.90. The van der Waals surface area contributed by atoms with E-state index in [9.17, 15) is 5.26 Å². The maximum absolute atomic E-state index is 9.21. The highest BCUT2D eigenvalue weighted by Gasteiger charge is 2.16. The van der Waals surface area contributed by atoms with Crippen molar-refractivity contribution in [2.75, 3.05) is 0 Å². The molecule has 132 valence electrons. The van der Waals surface area contributed by atoms with Crippen molar-refractivity contribution in [3.8, 4) is 28.6 Å². The van der Waals surface area contributed by atoms with E-state index < -0.39 is 0 Å². The van der Waals surface area contributed by atoms with Crippen LogP contribution in [-0.2, 0) is 6.54 Å². The summed E-state index contributed by atoms with van der Waals surface area (Å²) in [7, 11) is 0. The van der Waals surface area contributed by atoms with Crippen LogP contribution in [0.5, 0.6) is 0 Å². The second kappa shape index (κ2) is 6.74. The van der Waals surface area contributed by atoms with Gasteiger partial charge >= 0.3 is 0 Å². The standard InChI is InChI=1S/C24H21N3/c1-4-27-23-12-10-18(15-25)14-22(23)26-24(27)21-8-6-5-7-20(21)19-11-9-16(2)13-17(19)3/h5-14H,4H2,1-3H3. The minimum Gasteiger partial charge on any atom is -0.324 e. The Morgan fingerprint density at radius 2 is 1.70 bits per heavy atom. The van der Waals surface area contributed by atoms with E-state index in [0.717, 1.165) is 29.0 Å². The lowest BCUT2D eigenvalue weighted by atomic mass is 9.94. The number of nitrogens with zero attached hydrogens (tertiary/aromatic N) is 3. The quantitative estimate of drug-likeness (QED) is 0.462. The van der Waals surface area contributed by atoms with E-state index in [2.05, 4.69) is 73.9 Å². The molecular formula is C24H21N3. The summed E-state index contributed by atoms with van der Waals surface area (Å²) in [5.74, 6) is 0.943. The highest BCUT2D eigenvalue weighted by molar-refractivity contribution is 5.88. The van der Waals surface area contributed by atoms with Crippen LogP contribution in [0, 0.1) is 25.2 Å². The van der Waals surface area contributed by atoms with Gasteiger partial charge in [-0.15, -0.1) is 0 Å². The number of nitriles is 1. The Balaban J connectivity index is 1.99. The first-order valence-electron chi connectivity index (χ1n) is 9.19. The molecule has 0 amide bonds. The number of aryl methyl sites for hydroxylation is 3. The van der Waals surface area contributed by atoms with Gasteiger partial charge in [0.15, 0.2) is 0 Å². The van der Waals surface area contributed by atoms with Gasteiger partial charge in [0, 0.05) is 12.1 Å². The summed E-state index contributed by atoms with van der Waals surface area (Å²) in [6.45, 7) is 7.22. The fourth-order valence-corrected chi connectivity index (χ4v) is 3.75. The lowest BCUT2D eigenvalue weighted by Gasteiger charge is -2.14. The molecule has 0 bridgehead atoms. The summed E-state index contributed by atoms with van der Waals surface area (Å²) in [5, 5.41) is 9.21. The number of hydrogen-bond acceptors (Lipinski definition) is 2. The molecular weight excluding hydrogens is 330 g/mol. The van der Waals surface area contributed by atoms with Crippen LogP contribution in [-0.4, -0.2) is 9.55 Å². The third-order valence-corrected chi connectivity index (χ3v) is 5.03. The maximum Gasteiger partial charge on any atom is 0.141 e. The predicted octanol–water partition coefficient (Wildman–Crippen LogP) is 5.88. The Hall–Kier alpha value is -3.38. The van der Waals surface area contributed by atoms with Crippen LogP contribution in [0.3, 0.4) is 0 Å². The number of imidazole rings is 1. The first-order chi connectivity index (χ1) is 13.1. The van der Waals surface area contributed by atoms with E-state index in [1.165, 1.54) is 22.3 Å². The fourth-order valence-electron chi connectivity index (χ4n) is 3.75. The first kappa shape index (κ1) is 17.1. The van der Waals surface area contributed by atoms with Gasteiger partial charge in [-0.25, -0.2) is 4.98 Å². The smallest absolute Gasteiger partial charge is 0.141 e.